The molecule has 0 aromatic heterocycles. The van der Waals surface area contributed by atoms with Crippen LogP contribution in [0, 0.1) is 6.92 Å². The number of hydrogen-bond donors (Lipinski definition) is 3. The van der Waals surface area contributed by atoms with E-state index in [2.05, 4.69) is 9.98 Å². The fraction of sp³-hybridized carbons (Fsp3) is 0.438. The van der Waals surface area contributed by atoms with Crippen molar-refractivity contribution in [3.63, 3.8) is 0 Å². The van der Waals surface area contributed by atoms with E-state index in [1.807, 2.05) is 6.07 Å². The van der Waals surface area contributed by atoms with E-state index >= 15 is 0 Å². The van der Waals surface area contributed by atoms with Crippen LogP contribution in [0.4, 0.5) is 5.69 Å². The van der Waals surface area contributed by atoms with Gasteiger partial charge in [-0.15, -0.1) is 0 Å². The second kappa shape index (κ2) is 5.57. The number of aromatic carboxylic acids is 1. The van der Waals surface area contributed by atoms with Crippen LogP contribution in [0.25, 0.3) is 0 Å². The topological polar surface area (TPSA) is 117 Å². The molecule has 1 saturated carbocycles. The normalized spacial score (nSPS) is 20.1. The number of rotatable bonds is 2. The quantitative estimate of drug-likeness (QED) is 0.769. The Hall–Kier alpha value is -2.57. The summed E-state index contributed by atoms with van der Waals surface area (Å²) in [5.74, 6) is -0.628. The first-order chi connectivity index (χ1) is 10.9. The lowest BCUT2D eigenvalue weighted by atomic mass is 9.86. The molecule has 122 valence electrons. The van der Waals surface area contributed by atoms with Gasteiger partial charge in [-0.1, -0.05) is 18.6 Å². The third-order valence-corrected chi connectivity index (χ3v) is 4.56. The fourth-order valence-corrected chi connectivity index (χ4v) is 3.59. The van der Waals surface area contributed by atoms with Crippen molar-refractivity contribution in [2.24, 2.45) is 21.5 Å². The summed E-state index contributed by atoms with van der Waals surface area (Å²) in [6, 6.07) is 5.35. The fourth-order valence-electron chi connectivity index (χ4n) is 3.59. The van der Waals surface area contributed by atoms with E-state index < -0.39 is 11.6 Å². The lowest BCUT2D eigenvalue weighted by Gasteiger charge is -2.46. The van der Waals surface area contributed by atoms with Gasteiger partial charge in [0.2, 0.25) is 11.9 Å². The molecule has 1 heterocycles. The van der Waals surface area contributed by atoms with Gasteiger partial charge in [-0.25, -0.2) is 9.79 Å². The van der Waals surface area contributed by atoms with E-state index in [1.165, 1.54) is 0 Å². The van der Waals surface area contributed by atoms with Crippen molar-refractivity contribution in [3.05, 3.63) is 29.3 Å². The predicted molar refractivity (Wildman–Crippen MR) is 89.7 cm³/mol. The van der Waals surface area contributed by atoms with E-state index in [1.54, 1.807) is 24.0 Å². The lowest BCUT2D eigenvalue weighted by Crippen LogP contribution is -2.58. The number of hydrogen-bond acceptors (Lipinski definition) is 6. The standard InChI is InChI=1S/C16H21N5O2/c1-10-6-5-7-11(12(10)13(22)23)21-15(18)19-14(17)20-16(21)8-3-2-4-9-16/h5-7H,2-4,8-9H2,1H3,(H,22,23)(H4,17,18,19,20). The highest BCUT2D eigenvalue weighted by Gasteiger charge is 2.43. The van der Waals surface area contributed by atoms with Gasteiger partial charge in [0.05, 0.1) is 11.3 Å². The molecule has 0 bridgehead atoms. The number of anilines is 1. The van der Waals surface area contributed by atoms with E-state index in [9.17, 15) is 9.90 Å². The monoisotopic (exact) mass is 315 g/mol. The van der Waals surface area contributed by atoms with Gasteiger partial charge in [0.25, 0.3) is 0 Å². The highest BCUT2D eigenvalue weighted by molar-refractivity contribution is 6.09. The van der Waals surface area contributed by atoms with Crippen molar-refractivity contribution >= 4 is 23.6 Å². The zero-order valence-corrected chi connectivity index (χ0v) is 13.1. The molecule has 5 N–H and O–H groups in total. The van der Waals surface area contributed by atoms with Crippen molar-refractivity contribution < 1.29 is 9.90 Å². The number of aliphatic imine (C=N–C) groups is 2. The van der Waals surface area contributed by atoms with Crippen molar-refractivity contribution in [3.8, 4) is 0 Å². The van der Waals surface area contributed by atoms with Gasteiger partial charge in [-0.3, -0.25) is 4.90 Å². The van der Waals surface area contributed by atoms with Gasteiger partial charge >= 0.3 is 5.97 Å². The van der Waals surface area contributed by atoms with Crippen LogP contribution in [0.1, 0.15) is 48.0 Å². The molecule has 1 aliphatic heterocycles. The minimum Gasteiger partial charge on any atom is -0.478 e. The summed E-state index contributed by atoms with van der Waals surface area (Å²) in [6.07, 6.45) is 4.67. The Labute approximate surface area is 134 Å². The van der Waals surface area contributed by atoms with Crippen LogP contribution in [-0.2, 0) is 0 Å². The number of nitrogens with two attached hydrogens (primary N) is 2. The molecular weight excluding hydrogens is 294 g/mol. The summed E-state index contributed by atoms with van der Waals surface area (Å²) < 4.78 is 0. The summed E-state index contributed by atoms with van der Waals surface area (Å²) in [6.45, 7) is 1.77. The van der Waals surface area contributed by atoms with Gasteiger partial charge in [-0.05, 0) is 44.2 Å². The van der Waals surface area contributed by atoms with Crippen molar-refractivity contribution in [2.45, 2.75) is 44.7 Å². The van der Waals surface area contributed by atoms with Crippen LogP contribution in [-0.4, -0.2) is 28.7 Å². The summed E-state index contributed by atoms with van der Waals surface area (Å²) >= 11 is 0. The maximum atomic E-state index is 11.8. The third-order valence-electron chi connectivity index (χ3n) is 4.56. The summed E-state index contributed by atoms with van der Waals surface area (Å²) in [5, 5.41) is 9.63. The van der Waals surface area contributed by atoms with Gasteiger partial charge < -0.3 is 16.6 Å². The molecule has 1 aliphatic carbocycles. The first kappa shape index (κ1) is 15.3. The second-order valence-electron chi connectivity index (χ2n) is 6.09. The number of carbonyl (C=O) groups is 1. The van der Waals surface area contributed by atoms with Crippen LogP contribution in [0.5, 0.6) is 0 Å². The van der Waals surface area contributed by atoms with E-state index in [0.29, 0.717) is 11.3 Å². The summed E-state index contributed by atoms with van der Waals surface area (Å²) in [5.41, 5.74) is 12.8. The Morgan fingerprint density at radius 2 is 1.96 bits per heavy atom. The molecule has 1 fully saturated rings. The minimum absolute atomic E-state index is 0.158. The molecule has 1 aromatic rings. The lowest BCUT2D eigenvalue weighted by molar-refractivity contribution is 0.0696. The number of carboxylic acids is 1. The number of guanidine groups is 2. The molecule has 7 nitrogen and oxygen atoms in total. The van der Waals surface area contributed by atoms with Crippen molar-refractivity contribution in [1.82, 2.24) is 0 Å². The van der Waals surface area contributed by atoms with Crippen molar-refractivity contribution in [1.29, 1.82) is 0 Å². The molecule has 3 rings (SSSR count). The van der Waals surface area contributed by atoms with E-state index in [-0.39, 0.29) is 17.5 Å². The van der Waals surface area contributed by atoms with Crippen LogP contribution < -0.4 is 16.4 Å². The summed E-state index contributed by atoms with van der Waals surface area (Å²) in [7, 11) is 0. The van der Waals surface area contributed by atoms with Crippen LogP contribution >= 0.6 is 0 Å². The van der Waals surface area contributed by atoms with Crippen LogP contribution in [0.3, 0.4) is 0 Å². The zero-order valence-electron chi connectivity index (χ0n) is 13.1. The molecule has 7 heteroatoms. The molecule has 0 unspecified atom stereocenters. The first-order valence-corrected chi connectivity index (χ1v) is 7.77. The van der Waals surface area contributed by atoms with E-state index in [0.717, 1.165) is 32.1 Å². The van der Waals surface area contributed by atoms with Gasteiger partial charge in [0, 0.05) is 0 Å². The Kier molecular flexibility index (Phi) is 3.71. The Balaban J connectivity index is 2.19. The average molecular weight is 315 g/mol. The maximum absolute atomic E-state index is 11.8. The molecule has 0 amide bonds. The van der Waals surface area contributed by atoms with Crippen LogP contribution in [0.2, 0.25) is 0 Å². The Bertz CT molecular complexity index is 704. The second-order valence-corrected chi connectivity index (χ2v) is 6.09. The van der Waals surface area contributed by atoms with Gasteiger partial charge in [-0.2, -0.15) is 4.99 Å². The predicted octanol–water partition coefficient (Wildman–Crippen LogP) is 1.80. The van der Waals surface area contributed by atoms with Gasteiger partial charge in [0.15, 0.2) is 0 Å². The minimum atomic E-state index is -0.987. The van der Waals surface area contributed by atoms with E-state index in [4.69, 9.17) is 11.5 Å². The Morgan fingerprint density at radius 1 is 1.26 bits per heavy atom. The average Bonchev–Trinajstić information content (AvgIpc) is 2.46. The smallest absolute Gasteiger partial charge is 0.338 e. The maximum Gasteiger partial charge on any atom is 0.338 e. The largest absolute Gasteiger partial charge is 0.478 e. The Morgan fingerprint density at radius 3 is 2.61 bits per heavy atom. The molecule has 23 heavy (non-hydrogen) atoms. The number of aryl methyl sites for hydroxylation is 1. The molecule has 0 radical (unpaired) electrons. The highest BCUT2D eigenvalue weighted by atomic mass is 16.4. The summed E-state index contributed by atoms with van der Waals surface area (Å²) in [4.78, 5) is 22.2. The zero-order chi connectivity index (χ0) is 16.6. The molecule has 0 atom stereocenters. The number of nitrogens with zero attached hydrogens (tertiary/aromatic N) is 3. The van der Waals surface area contributed by atoms with Gasteiger partial charge in [0.1, 0.15) is 5.66 Å². The first-order valence-electron chi connectivity index (χ1n) is 7.77. The molecular formula is C16H21N5O2. The SMILES string of the molecule is Cc1cccc(N2C(N)=NC(N)=NC23CCCCC3)c1C(=O)O. The molecule has 2 aliphatic rings. The molecule has 1 aromatic carbocycles. The number of benzene rings is 1. The third kappa shape index (κ3) is 2.52. The highest BCUT2D eigenvalue weighted by Crippen LogP contribution is 2.41. The molecule has 0 saturated heterocycles. The van der Waals surface area contributed by atoms with Crippen molar-refractivity contribution in [2.75, 3.05) is 4.90 Å². The number of carboxylic acid groups (broad SMARTS) is 1. The van der Waals surface area contributed by atoms with Crippen LogP contribution in [0.15, 0.2) is 28.2 Å². The molecule has 1 spiro atoms.